The van der Waals surface area contributed by atoms with Crippen LogP contribution in [0.3, 0.4) is 0 Å². The molecule has 0 fully saturated rings. The summed E-state index contributed by atoms with van der Waals surface area (Å²) in [6, 6.07) is 16.6. The van der Waals surface area contributed by atoms with Crippen LogP contribution >= 0.6 is 11.3 Å². The van der Waals surface area contributed by atoms with E-state index in [9.17, 15) is 4.39 Å². The third-order valence-electron chi connectivity index (χ3n) is 5.56. The highest BCUT2D eigenvalue weighted by Crippen LogP contribution is 2.51. The Bertz CT molecular complexity index is 1280. The fourth-order valence-electron chi connectivity index (χ4n) is 4.23. The minimum Gasteiger partial charge on any atom is -0.480 e. The van der Waals surface area contributed by atoms with Crippen LogP contribution in [0.5, 0.6) is 5.75 Å². The number of nitrogens with zero attached hydrogens (tertiary/aromatic N) is 3. The molecule has 2 aromatic carbocycles. The highest BCUT2D eigenvalue weighted by molar-refractivity contribution is 7.10. The monoisotopic (exact) mass is 416 g/mol. The van der Waals surface area contributed by atoms with Crippen molar-refractivity contribution in [2.45, 2.75) is 19.1 Å². The van der Waals surface area contributed by atoms with Gasteiger partial charge in [-0.25, -0.2) is 9.07 Å². The lowest BCUT2D eigenvalue weighted by atomic mass is 9.86. The summed E-state index contributed by atoms with van der Waals surface area (Å²) in [6.07, 6.45) is 1.25. The molecule has 0 saturated carbocycles. The predicted octanol–water partition coefficient (Wildman–Crippen LogP) is 5.35. The summed E-state index contributed by atoms with van der Waals surface area (Å²) in [6.45, 7) is 2.06. The van der Waals surface area contributed by atoms with Gasteiger partial charge in [0.05, 0.1) is 5.70 Å². The molecule has 5 nitrogen and oxygen atoms in total. The average Bonchev–Trinajstić information content (AvgIpc) is 3.44. The summed E-state index contributed by atoms with van der Waals surface area (Å²) in [5.74, 6) is 1.22. The van der Waals surface area contributed by atoms with Gasteiger partial charge in [-0.2, -0.15) is 10.1 Å². The van der Waals surface area contributed by atoms with E-state index in [-0.39, 0.29) is 18.0 Å². The SMILES string of the molecule is Cc1ccc2c(c1)C1=C([C@H](c3ccc(F)cc3)n3ncnc3N1)[C@@H](c1cccs1)O2. The zero-order valence-electron chi connectivity index (χ0n) is 16.0. The molecule has 6 rings (SSSR count). The topological polar surface area (TPSA) is 52.0 Å². The number of aromatic nitrogens is 3. The maximum Gasteiger partial charge on any atom is 0.226 e. The highest BCUT2D eigenvalue weighted by atomic mass is 32.1. The molecule has 30 heavy (non-hydrogen) atoms. The van der Waals surface area contributed by atoms with Gasteiger partial charge in [0, 0.05) is 16.0 Å². The smallest absolute Gasteiger partial charge is 0.226 e. The van der Waals surface area contributed by atoms with Crippen LogP contribution in [0.25, 0.3) is 5.70 Å². The van der Waals surface area contributed by atoms with Crippen LogP contribution in [0.4, 0.5) is 10.3 Å². The Morgan fingerprint density at radius 1 is 1.13 bits per heavy atom. The maximum atomic E-state index is 13.7. The lowest BCUT2D eigenvalue weighted by Gasteiger charge is -2.38. The maximum absolute atomic E-state index is 13.7. The summed E-state index contributed by atoms with van der Waals surface area (Å²) in [7, 11) is 0. The number of benzene rings is 2. The van der Waals surface area contributed by atoms with Crippen LogP contribution in [-0.2, 0) is 0 Å². The van der Waals surface area contributed by atoms with Gasteiger partial charge in [0.15, 0.2) is 6.10 Å². The Morgan fingerprint density at radius 2 is 2.00 bits per heavy atom. The molecular weight excluding hydrogens is 399 g/mol. The van der Waals surface area contributed by atoms with E-state index >= 15 is 0 Å². The summed E-state index contributed by atoms with van der Waals surface area (Å²) in [5.41, 5.74) is 5.09. The second kappa shape index (κ2) is 6.53. The molecule has 148 valence electrons. The molecule has 4 aromatic rings. The summed E-state index contributed by atoms with van der Waals surface area (Å²) < 4.78 is 22.1. The summed E-state index contributed by atoms with van der Waals surface area (Å²) in [4.78, 5) is 5.52. The molecule has 1 N–H and O–H groups in total. The first-order valence-corrected chi connectivity index (χ1v) is 10.5. The number of anilines is 1. The van der Waals surface area contributed by atoms with E-state index in [1.165, 1.54) is 18.5 Å². The molecule has 0 radical (unpaired) electrons. The van der Waals surface area contributed by atoms with E-state index in [4.69, 9.17) is 4.74 Å². The molecule has 0 spiro atoms. The molecule has 2 atom stereocenters. The molecule has 0 aliphatic carbocycles. The van der Waals surface area contributed by atoms with Crippen molar-refractivity contribution in [1.29, 1.82) is 0 Å². The van der Waals surface area contributed by atoms with E-state index in [2.05, 4.69) is 40.5 Å². The second-order valence-electron chi connectivity index (χ2n) is 7.45. The van der Waals surface area contributed by atoms with Crippen molar-refractivity contribution < 1.29 is 9.13 Å². The minimum atomic E-state index is -0.282. The normalized spacial score (nSPS) is 19.4. The van der Waals surface area contributed by atoms with Gasteiger partial charge >= 0.3 is 0 Å². The number of aryl methyl sites for hydroxylation is 1. The third kappa shape index (κ3) is 2.59. The number of thiophene rings is 1. The van der Waals surface area contributed by atoms with Gasteiger partial charge < -0.3 is 10.1 Å². The van der Waals surface area contributed by atoms with Crippen molar-refractivity contribution in [3.8, 4) is 5.75 Å². The van der Waals surface area contributed by atoms with Gasteiger partial charge in [0.1, 0.15) is 23.9 Å². The number of nitrogens with one attached hydrogen (secondary N) is 1. The fourth-order valence-corrected chi connectivity index (χ4v) is 5.00. The minimum absolute atomic E-state index is 0.264. The Balaban J connectivity index is 1.64. The van der Waals surface area contributed by atoms with Crippen LogP contribution in [0.2, 0.25) is 0 Å². The zero-order chi connectivity index (χ0) is 20.2. The summed E-state index contributed by atoms with van der Waals surface area (Å²) >= 11 is 1.65. The number of halogens is 1. The van der Waals surface area contributed by atoms with Crippen LogP contribution in [0.15, 0.2) is 71.9 Å². The number of rotatable bonds is 2. The number of fused-ring (bicyclic) bond motifs is 3. The Kier molecular flexibility index (Phi) is 3.79. The first-order valence-electron chi connectivity index (χ1n) is 9.66. The number of hydrogen-bond acceptors (Lipinski definition) is 5. The molecule has 0 unspecified atom stereocenters. The molecule has 2 aliphatic rings. The van der Waals surface area contributed by atoms with Crippen molar-refractivity contribution in [1.82, 2.24) is 14.8 Å². The molecule has 0 saturated heterocycles. The lowest BCUT2D eigenvalue weighted by molar-refractivity contribution is 0.226. The van der Waals surface area contributed by atoms with Crippen molar-refractivity contribution in [3.63, 3.8) is 0 Å². The van der Waals surface area contributed by atoms with E-state index in [0.717, 1.165) is 38.6 Å². The molecule has 2 aliphatic heterocycles. The van der Waals surface area contributed by atoms with Crippen LogP contribution in [0.1, 0.15) is 33.7 Å². The molecule has 0 amide bonds. The van der Waals surface area contributed by atoms with Crippen LogP contribution < -0.4 is 10.1 Å². The van der Waals surface area contributed by atoms with Crippen LogP contribution in [0, 0.1) is 12.7 Å². The molecule has 0 bridgehead atoms. The van der Waals surface area contributed by atoms with E-state index in [0.29, 0.717) is 5.95 Å². The highest BCUT2D eigenvalue weighted by Gasteiger charge is 2.41. The van der Waals surface area contributed by atoms with Gasteiger partial charge in [-0.15, -0.1) is 11.3 Å². The van der Waals surface area contributed by atoms with Gasteiger partial charge in [0.25, 0.3) is 0 Å². The quantitative estimate of drug-likeness (QED) is 0.479. The van der Waals surface area contributed by atoms with Gasteiger partial charge in [-0.3, -0.25) is 0 Å². The van der Waals surface area contributed by atoms with Crippen molar-refractivity contribution >= 4 is 23.0 Å². The largest absolute Gasteiger partial charge is 0.480 e. The average molecular weight is 416 g/mol. The summed E-state index contributed by atoms with van der Waals surface area (Å²) in [5, 5.41) is 10.0. The van der Waals surface area contributed by atoms with E-state index in [1.807, 2.05) is 22.2 Å². The standard InChI is InChI=1S/C23H17FN4OS/c1-13-4-9-17-16(11-13)20-19(22(29-17)18-3-2-10-30-18)21(14-5-7-15(24)8-6-14)28-23(27-20)25-12-26-28/h2-12,21-22H,1H3,(H,25,26,27)/t21-,22+/m0/s1. The molecule has 4 heterocycles. The zero-order valence-corrected chi connectivity index (χ0v) is 16.9. The van der Waals surface area contributed by atoms with Gasteiger partial charge in [-0.05, 0) is 48.2 Å². The number of hydrogen-bond donors (Lipinski definition) is 1. The third-order valence-corrected chi connectivity index (χ3v) is 6.47. The van der Waals surface area contributed by atoms with Crippen molar-refractivity contribution in [3.05, 3.63) is 99.3 Å². The first kappa shape index (κ1) is 17.4. The first-order chi connectivity index (χ1) is 14.7. The van der Waals surface area contributed by atoms with Crippen molar-refractivity contribution in [2.75, 3.05) is 5.32 Å². The molecule has 2 aromatic heterocycles. The Hall–Kier alpha value is -3.45. The Morgan fingerprint density at radius 3 is 2.80 bits per heavy atom. The van der Waals surface area contributed by atoms with Gasteiger partial charge in [-0.1, -0.05) is 29.8 Å². The fraction of sp³-hybridized carbons (Fsp3) is 0.130. The van der Waals surface area contributed by atoms with Crippen molar-refractivity contribution in [2.24, 2.45) is 0 Å². The second-order valence-corrected chi connectivity index (χ2v) is 8.43. The van der Waals surface area contributed by atoms with Gasteiger partial charge in [0.2, 0.25) is 5.95 Å². The predicted molar refractivity (Wildman–Crippen MR) is 114 cm³/mol. The Labute approximate surface area is 176 Å². The van der Waals surface area contributed by atoms with Crippen LogP contribution in [-0.4, -0.2) is 14.8 Å². The number of ether oxygens (including phenoxy) is 1. The van der Waals surface area contributed by atoms with E-state index < -0.39 is 0 Å². The molecule has 7 heteroatoms. The lowest BCUT2D eigenvalue weighted by Crippen LogP contribution is -2.32. The van der Waals surface area contributed by atoms with E-state index in [1.54, 1.807) is 23.5 Å². The molecular formula is C23H17FN4OS.